The van der Waals surface area contributed by atoms with E-state index in [1.54, 1.807) is 6.92 Å². The predicted molar refractivity (Wildman–Crippen MR) is 57.0 cm³/mol. The Kier molecular flexibility index (Phi) is 2.66. The van der Waals surface area contributed by atoms with Crippen LogP contribution in [-0.4, -0.2) is 21.0 Å². The summed E-state index contributed by atoms with van der Waals surface area (Å²) in [4.78, 5) is 18.8. The molecule has 2 rings (SSSR count). The Morgan fingerprint density at radius 3 is 2.88 bits per heavy atom. The van der Waals surface area contributed by atoms with Gasteiger partial charge in [0.1, 0.15) is 15.6 Å². The van der Waals surface area contributed by atoms with Crippen LogP contribution in [0.2, 0.25) is 0 Å². The fraction of sp³-hybridized carbons (Fsp3) is 0.100. The van der Waals surface area contributed by atoms with Crippen LogP contribution in [0.4, 0.5) is 4.39 Å². The van der Waals surface area contributed by atoms with Gasteiger partial charge in [0, 0.05) is 6.20 Å². The van der Waals surface area contributed by atoms with Gasteiger partial charge in [-0.2, -0.15) is 0 Å². The van der Waals surface area contributed by atoms with E-state index < -0.39 is 11.8 Å². The first-order chi connectivity index (χ1) is 7.59. The molecule has 0 radical (unpaired) electrons. The summed E-state index contributed by atoms with van der Waals surface area (Å²) in [6, 6.07) is 2.73. The number of nitrogens with zero attached hydrogens (tertiary/aromatic N) is 2. The Hall–Kier alpha value is -1.82. The van der Waals surface area contributed by atoms with Crippen molar-refractivity contribution in [1.29, 1.82) is 0 Å². The molecule has 0 unspecified atom stereocenters. The van der Waals surface area contributed by atoms with Gasteiger partial charge in [0.15, 0.2) is 5.82 Å². The third-order valence-corrected chi connectivity index (χ3v) is 3.10. The molecule has 0 atom stereocenters. The first kappa shape index (κ1) is 10.7. The minimum atomic E-state index is -1.06. The zero-order chi connectivity index (χ0) is 11.7. The van der Waals surface area contributed by atoms with Gasteiger partial charge in [-0.15, -0.1) is 11.3 Å². The van der Waals surface area contributed by atoms with E-state index in [0.29, 0.717) is 5.69 Å². The predicted octanol–water partition coefficient (Wildman–Crippen LogP) is 2.35. The topological polar surface area (TPSA) is 63.1 Å². The van der Waals surface area contributed by atoms with Crippen molar-refractivity contribution < 1.29 is 14.3 Å². The second-order valence-electron chi connectivity index (χ2n) is 3.07. The van der Waals surface area contributed by atoms with Gasteiger partial charge in [-0.05, 0) is 19.1 Å². The van der Waals surface area contributed by atoms with E-state index in [-0.39, 0.29) is 15.6 Å². The number of halogens is 1. The highest BCUT2D eigenvalue weighted by atomic mass is 32.1. The quantitative estimate of drug-likeness (QED) is 0.872. The third-order valence-electron chi connectivity index (χ3n) is 1.95. The molecule has 2 aromatic rings. The van der Waals surface area contributed by atoms with Crippen molar-refractivity contribution in [2.75, 3.05) is 0 Å². The minimum absolute atomic E-state index is 0.0862. The largest absolute Gasteiger partial charge is 0.477 e. The van der Waals surface area contributed by atoms with Crippen LogP contribution in [0.15, 0.2) is 18.3 Å². The molecule has 82 valence electrons. The van der Waals surface area contributed by atoms with Gasteiger partial charge in [0.05, 0.1) is 5.69 Å². The van der Waals surface area contributed by atoms with Gasteiger partial charge in [-0.1, -0.05) is 0 Å². The normalized spacial score (nSPS) is 10.4. The maximum Gasteiger partial charge on any atom is 0.347 e. The van der Waals surface area contributed by atoms with E-state index in [0.717, 1.165) is 11.3 Å². The van der Waals surface area contributed by atoms with Crippen LogP contribution in [0.25, 0.3) is 10.7 Å². The van der Waals surface area contributed by atoms with Gasteiger partial charge in [0.25, 0.3) is 0 Å². The maximum absolute atomic E-state index is 13.4. The smallest absolute Gasteiger partial charge is 0.347 e. The Bertz CT molecular complexity index is 554. The maximum atomic E-state index is 13.4. The number of aromatic nitrogens is 2. The summed E-state index contributed by atoms with van der Waals surface area (Å²) < 4.78 is 13.4. The van der Waals surface area contributed by atoms with Crippen molar-refractivity contribution in [3.8, 4) is 10.7 Å². The van der Waals surface area contributed by atoms with Crippen molar-refractivity contribution in [3.63, 3.8) is 0 Å². The molecule has 0 amide bonds. The summed E-state index contributed by atoms with van der Waals surface area (Å²) in [6.07, 6.45) is 1.44. The lowest BCUT2D eigenvalue weighted by atomic mass is 10.3. The Balaban J connectivity index is 2.54. The highest BCUT2D eigenvalue weighted by molar-refractivity contribution is 7.17. The zero-order valence-electron chi connectivity index (χ0n) is 8.27. The molecule has 0 fully saturated rings. The van der Waals surface area contributed by atoms with Crippen LogP contribution in [0, 0.1) is 12.7 Å². The Morgan fingerprint density at radius 2 is 2.31 bits per heavy atom. The Morgan fingerprint density at radius 1 is 1.56 bits per heavy atom. The molecule has 6 heteroatoms. The summed E-state index contributed by atoms with van der Waals surface area (Å²) in [5.41, 5.74) is 0.459. The summed E-state index contributed by atoms with van der Waals surface area (Å²) >= 11 is 0.922. The monoisotopic (exact) mass is 238 g/mol. The number of thiazole rings is 1. The molecule has 1 N–H and O–H groups in total. The Labute approximate surface area is 94.4 Å². The number of rotatable bonds is 2. The molecule has 16 heavy (non-hydrogen) atoms. The van der Waals surface area contributed by atoms with E-state index in [2.05, 4.69) is 9.97 Å². The molecule has 0 aliphatic heterocycles. The second kappa shape index (κ2) is 3.97. The van der Waals surface area contributed by atoms with E-state index in [1.165, 1.54) is 18.3 Å². The lowest BCUT2D eigenvalue weighted by molar-refractivity contribution is 0.0701. The molecule has 0 saturated heterocycles. The molecule has 4 nitrogen and oxygen atoms in total. The fourth-order valence-electron chi connectivity index (χ4n) is 1.24. The number of hydrogen-bond donors (Lipinski definition) is 1. The molecular weight excluding hydrogens is 231 g/mol. The molecule has 0 bridgehead atoms. The van der Waals surface area contributed by atoms with Gasteiger partial charge < -0.3 is 5.11 Å². The molecule has 2 aromatic heterocycles. The molecule has 0 aliphatic rings. The van der Waals surface area contributed by atoms with Gasteiger partial charge >= 0.3 is 5.97 Å². The van der Waals surface area contributed by atoms with E-state index in [9.17, 15) is 9.18 Å². The van der Waals surface area contributed by atoms with Gasteiger partial charge in [-0.3, -0.25) is 4.98 Å². The number of carbonyl (C=O) groups is 1. The highest BCUT2D eigenvalue weighted by Crippen LogP contribution is 2.27. The zero-order valence-corrected chi connectivity index (χ0v) is 9.08. The minimum Gasteiger partial charge on any atom is -0.477 e. The van der Waals surface area contributed by atoms with Crippen LogP contribution in [0.5, 0.6) is 0 Å². The van der Waals surface area contributed by atoms with Crippen molar-refractivity contribution in [2.45, 2.75) is 6.92 Å². The van der Waals surface area contributed by atoms with E-state index in [4.69, 9.17) is 5.11 Å². The molecule has 2 heterocycles. The number of carboxylic acids is 1. The number of aromatic carboxylic acids is 1. The van der Waals surface area contributed by atoms with Crippen molar-refractivity contribution in [1.82, 2.24) is 9.97 Å². The van der Waals surface area contributed by atoms with Crippen molar-refractivity contribution in [3.05, 3.63) is 34.7 Å². The summed E-state index contributed by atoms with van der Waals surface area (Å²) in [7, 11) is 0. The van der Waals surface area contributed by atoms with Crippen molar-refractivity contribution >= 4 is 17.3 Å². The molecule has 0 spiro atoms. The average molecular weight is 238 g/mol. The van der Waals surface area contributed by atoms with Crippen LogP contribution in [0.1, 0.15) is 15.4 Å². The first-order valence-corrected chi connectivity index (χ1v) is 5.23. The van der Waals surface area contributed by atoms with Crippen LogP contribution in [-0.2, 0) is 0 Å². The van der Waals surface area contributed by atoms with Crippen LogP contribution in [0.3, 0.4) is 0 Å². The van der Waals surface area contributed by atoms with Gasteiger partial charge in [0.2, 0.25) is 0 Å². The van der Waals surface area contributed by atoms with Gasteiger partial charge in [-0.25, -0.2) is 14.2 Å². The number of aryl methyl sites for hydroxylation is 1. The third kappa shape index (κ3) is 1.79. The second-order valence-corrected chi connectivity index (χ2v) is 4.07. The molecule has 0 saturated carbocycles. The highest BCUT2D eigenvalue weighted by Gasteiger charge is 2.17. The average Bonchev–Trinajstić information content (AvgIpc) is 2.61. The first-order valence-electron chi connectivity index (χ1n) is 4.41. The van der Waals surface area contributed by atoms with Crippen LogP contribution < -0.4 is 0 Å². The molecule has 0 aliphatic carbocycles. The summed E-state index contributed by atoms with van der Waals surface area (Å²) in [6.45, 7) is 1.57. The number of pyridine rings is 1. The molecule has 0 aromatic carbocycles. The standard InChI is InChI=1S/C10H7FN2O2S/c1-5-8(10(14)15)16-9(13-5)7-6(11)3-2-4-12-7/h2-4H,1H3,(H,14,15). The number of carboxylic acid groups (broad SMARTS) is 1. The SMILES string of the molecule is Cc1nc(-c2ncccc2F)sc1C(=O)O. The fourth-order valence-corrected chi connectivity index (χ4v) is 2.14. The summed E-state index contributed by atoms with van der Waals surface area (Å²) in [5.74, 6) is -1.56. The summed E-state index contributed by atoms with van der Waals surface area (Å²) in [5, 5.41) is 9.14. The number of hydrogen-bond acceptors (Lipinski definition) is 4. The lowest BCUT2D eigenvalue weighted by Crippen LogP contribution is -1.94. The van der Waals surface area contributed by atoms with Crippen molar-refractivity contribution in [2.24, 2.45) is 0 Å². The van der Waals surface area contributed by atoms with E-state index >= 15 is 0 Å². The lowest BCUT2D eigenvalue weighted by Gasteiger charge is -1.95. The molecular formula is C10H7FN2O2S. The van der Waals surface area contributed by atoms with E-state index in [1.807, 2.05) is 0 Å². The van der Waals surface area contributed by atoms with Crippen LogP contribution >= 0.6 is 11.3 Å².